The first-order chi connectivity index (χ1) is 9.13. The molecule has 102 valence electrons. The minimum absolute atomic E-state index is 0.0686. The Hall–Kier alpha value is -1.68. The van der Waals surface area contributed by atoms with Gasteiger partial charge in [0.05, 0.1) is 12.5 Å². The monoisotopic (exact) mass is 260 g/mol. The maximum atomic E-state index is 11.9. The number of aryl methyl sites for hydroxylation is 1. The molecule has 1 fully saturated rings. The Bertz CT molecular complexity index is 485. The minimum atomic E-state index is -0.337. The van der Waals surface area contributed by atoms with Crippen molar-refractivity contribution in [2.24, 2.45) is 0 Å². The summed E-state index contributed by atoms with van der Waals surface area (Å²) in [5.41, 5.74) is 2.53. The Kier molecular flexibility index (Phi) is 4.32. The highest BCUT2D eigenvalue weighted by Crippen LogP contribution is 2.13. The first kappa shape index (κ1) is 13.7. The molecule has 1 saturated heterocycles. The topological polar surface area (TPSA) is 49.4 Å². The van der Waals surface area contributed by atoms with Gasteiger partial charge in [-0.05, 0) is 37.9 Å². The summed E-state index contributed by atoms with van der Waals surface area (Å²) in [6, 6.07) is 7.88. The van der Waals surface area contributed by atoms with Crippen LogP contribution < -0.4 is 5.32 Å². The molecule has 1 heterocycles. The Morgan fingerprint density at radius 1 is 1.32 bits per heavy atom. The largest absolute Gasteiger partial charge is 0.305 e. The summed E-state index contributed by atoms with van der Waals surface area (Å²) < 4.78 is 0. The van der Waals surface area contributed by atoms with Crippen LogP contribution in [0.15, 0.2) is 24.3 Å². The third-order valence-corrected chi connectivity index (χ3v) is 3.61. The number of likely N-dealkylation sites (N-methyl/N-ethyl adjacent to an activating group) is 1. The number of nitrogens with zero attached hydrogens (tertiary/aromatic N) is 1. The number of nitrogens with one attached hydrogen (secondary N) is 1. The van der Waals surface area contributed by atoms with Crippen LogP contribution in [0.3, 0.4) is 0 Å². The fraction of sp³-hybridized carbons (Fsp3) is 0.467. The van der Waals surface area contributed by atoms with E-state index in [0.717, 1.165) is 6.42 Å². The number of amides is 2. The van der Waals surface area contributed by atoms with Crippen molar-refractivity contribution in [1.82, 2.24) is 10.2 Å². The number of rotatable bonds is 5. The van der Waals surface area contributed by atoms with Gasteiger partial charge in [-0.2, -0.15) is 0 Å². The molecular weight excluding hydrogens is 240 g/mol. The van der Waals surface area contributed by atoms with Gasteiger partial charge in [0.2, 0.25) is 11.8 Å². The van der Waals surface area contributed by atoms with Crippen molar-refractivity contribution in [2.45, 2.75) is 32.7 Å². The third-order valence-electron chi connectivity index (χ3n) is 3.61. The van der Waals surface area contributed by atoms with E-state index in [-0.39, 0.29) is 17.9 Å². The lowest BCUT2D eigenvalue weighted by molar-refractivity contribution is -0.138. The van der Waals surface area contributed by atoms with Crippen molar-refractivity contribution in [2.75, 3.05) is 13.1 Å². The number of hydrogen-bond donors (Lipinski definition) is 1. The standard InChI is InChI=1S/C15H20N2O2/c1-3-17-14(18)10-13(15(17)19)16-9-8-12-7-5-4-6-11(12)2/h4-7,13,16H,3,8-10H2,1-2H3. The molecule has 4 heteroatoms. The average Bonchev–Trinajstić information content (AvgIpc) is 2.66. The number of imide groups is 1. The number of carbonyl (C=O) groups excluding carboxylic acids is 2. The lowest BCUT2D eigenvalue weighted by Crippen LogP contribution is -2.39. The fourth-order valence-electron chi connectivity index (χ4n) is 2.45. The van der Waals surface area contributed by atoms with Crippen molar-refractivity contribution in [1.29, 1.82) is 0 Å². The van der Waals surface area contributed by atoms with E-state index in [4.69, 9.17) is 0 Å². The Labute approximate surface area is 113 Å². The van der Waals surface area contributed by atoms with Crippen LogP contribution in [-0.4, -0.2) is 35.8 Å². The maximum absolute atomic E-state index is 11.9. The smallest absolute Gasteiger partial charge is 0.246 e. The van der Waals surface area contributed by atoms with Crippen LogP contribution >= 0.6 is 0 Å². The van der Waals surface area contributed by atoms with E-state index in [1.807, 2.05) is 19.1 Å². The molecule has 1 N–H and O–H groups in total. The fourth-order valence-corrected chi connectivity index (χ4v) is 2.45. The lowest BCUT2D eigenvalue weighted by Gasteiger charge is -2.13. The van der Waals surface area contributed by atoms with E-state index in [1.54, 1.807) is 0 Å². The van der Waals surface area contributed by atoms with E-state index in [9.17, 15) is 9.59 Å². The zero-order valence-electron chi connectivity index (χ0n) is 11.5. The molecule has 1 aliphatic rings. The van der Waals surface area contributed by atoms with Crippen molar-refractivity contribution in [3.05, 3.63) is 35.4 Å². The van der Waals surface area contributed by atoms with E-state index >= 15 is 0 Å². The zero-order chi connectivity index (χ0) is 13.8. The van der Waals surface area contributed by atoms with Crippen molar-refractivity contribution >= 4 is 11.8 Å². The average molecular weight is 260 g/mol. The molecule has 1 unspecified atom stereocenters. The van der Waals surface area contributed by atoms with Crippen LogP contribution in [0.4, 0.5) is 0 Å². The Balaban J connectivity index is 1.86. The molecule has 2 rings (SSSR count). The number of benzene rings is 1. The molecule has 19 heavy (non-hydrogen) atoms. The molecule has 0 aliphatic carbocycles. The van der Waals surface area contributed by atoms with Gasteiger partial charge >= 0.3 is 0 Å². The Morgan fingerprint density at radius 2 is 2.05 bits per heavy atom. The first-order valence-corrected chi connectivity index (χ1v) is 6.75. The molecule has 0 bridgehead atoms. The summed E-state index contributed by atoms with van der Waals surface area (Å²) in [7, 11) is 0. The summed E-state index contributed by atoms with van der Waals surface area (Å²) in [5.74, 6) is -0.154. The molecule has 0 radical (unpaired) electrons. The third kappa shape index (κ3) is 3.01. The van der Waals surface area contributed by atoms with Gasteiger partial charge in [-0.1, -0.05) is 24.3 Å². The maximum Gasteiger partial charge on any atom is 0.246 e. The summed E-state index contributed by atoms with van der Waals surface area (Å²) in [6.07, 6.45) is 1.16. The molecule has 1 aromatic rings. The van der Waals surface area contributed by atoms with E-state index in [2.05, 4.69) is 24.4 Å². The molecule has 1 aromatic carbocycles. The van der Waals surface area contributed by atoms with Gasteiger partial charge in [-0.15, -0.1) is 0 Å². The Morgan fingerprint density at radius 3 is 2.68 bits per heavy atom. The van der Waals surface area contributed by atoms with Gasteiger partial charge in [-0.3, -0.25) is 14.5 Å². The van der Waals surface area contributed by atoms with Gasteiger partial charge in [-0.25, -0.2) is 0 Å². The van der Waals surface area contributed by atoms with Crippen LogP contribution in [0.2, 0.25) is 0 Å². The van der Waals surface area contributed by atoms with Gasteiger partial charge < -0.3 is 5.32 Å². The van der Waals surface area contributed by atoms with E-state index in [1.165, 1.54) is 16.0 Å². The predicted octanol–water partition coefficient (Wildman–Crippen LogP) is 1.27. The highest BCUT2D eigenvalue weighted by Gasteiger charge is 2.36. The lowest BCUT2D eigenvalue weighted by atomic mass is 10.1. The quantitative estimate of drug-likeness (QED) is 0.811. The summed E-state index contributed by atoms with van der Waals surface area (Å²) in [5, 5.41) is 3.19. The van der Waals surface area contributed by atoms with Gasteiger partial charge in [0.25, 0.3) is 0 Å². The second-order valence-electron chi connectivity index (χ2n) is 4.86. The molecule has 0 spiro atoms. The molecule has 1 atom stereocenters. The van der Waals surface area contributed by atoms with E-state index in [0.29, 0.717) is 19.5 Å². The summed E-state index contributed by atoms with van der Waals surface area (Å²) in [6.45, 7) is 5.09. The van der Waals surface area contributed by atoms with Crippen LogP contribution in [0.5, 0.6) is 0 Å². The first-order valence-electron chi connectivity index (χ1n) is 6.75. The molecule has 4 nitrogen and oxygen atoms in total. The summed E-state index contributed by atoms with van der Waals surface area (Å²) >= 11 is 0. The molecule has 2 amide bonds. The molecule has 0 aromatic heterocycles. The second-order valence-corrected chi connectivity index (χ2v) is 4.86. The number of hydrogen-bond acceptors (Lipinski definition) is 3. The zero-order valence-corrected chi connectivity index (χ0v) is 11.5. The van der Waals surface area contributed by atoms with Crippen molar-refractivity contribution in [3.63, 3.8) is 0 Å². The van der Waals surface area contributed by atoms with Crippen LogP contribution in [0, 0.1) is 6.92 Å². The SMILES string of the molecule is CCN1C(=O)CC(NCCc2ccccc2C)C1=O. The molecule has 0 saturated carbocycles. The van der Waals surface area contributed by atoms with Crippen molar-refractivity contribution in [3.8, 4) is 0 Å². The number of likely N-dealkylation sites (tertiary alicyclic amines) is 1. The minimum Gasteiger partial charge on any atom is -0.305 e. The molecule has 1 aliphatic heterocycles. The van der Waals surface area contributed by atoms with E-state index < -0.39 is 0 Å². The summed E-state index contributed by atoms with van der Waals surface area (Å²) in [4.78, 5) is 24.8. The predicted molar refractivity (Wildman–Crippen MR) is 73.7 cm³/mol. The highest BCUT2D eigenvalue weighted by atomic mass is 16.2. The normalized spacial score (nSPS) is 19.3. The second kappa shape index (κ2) is 5.97. The van der Waals surface area contributed by atoms with Gasteiger partial charge in [0.1, 0.15) is 0 Å². The highest BCUT2D eigenvalue weighted by molar-refractivity contribution is 6.05. The number of carbonyl (C=O) groups is 2. The van der Waals surface area contributed by atoms with Gasteiger partial charge in [0, 0.05) is 6.54 Å². The van der Waals surface area contributed by atoms with Crippen LogP contribution in [0.1, 0.15) is 24.5 Å². The van der Waals surface area contributed by atoms with Crippen molar-refractivity contribution < 1.29 is 9.59 Å². The van der Waals surface area contributed by atoms with Crippen LogP contribution in [-0.2, 0) is 16.0 Å². The van der Waals surface area contributed by atoms with Gasteiger partial charge in [0.15, 0.2) is 0 Å². The molecular formula is C15H20N2O2. The van der Waals surface area contributed by atoms with Crippen LogP contribution in [0.25, 0.3) is 0 Å².